The molecule has 0 aliphatic carbocycles. The SMILES string of the molecule is CN1C[C@H](c2ccccc2)[C@H](NC(=O)[C@@H](O)c2ccccc2)C1. The molecule has 1 heterocycles. The van der Waals surface area contributed by atoms with E-state index in [0.717, 1.165) is 13.1 Å². The Morgan fingerprint density at radius 2 is 1.70 bits per heavy atom. The third-order valence-electron chi connectivity index (χ3n) is 4.42. The van der Waals surface area contributed by atoms with E-state index in [9.17, 15) is 9.90 Å². The Morgan fingerprint density at radius 3 is 2.35 bits per heavy atom. The number of nitrogens with one attached hydrogen (secondary N) is 1. The van der Waals surface area contributed by atoms with E-state index in [2.05, 4.69) is 29.4 Å². The van der Waals surface area contributed by atoms with Gasteiger partial charge in [-0.25, -0.2) is 0 Å². The molecule has 1 aliphatic rings. The second kappa shape index (κ2) is 6.94. The van der Waals surface area contributed by atoms with E-state index >= 15 is 0 Å². The molecule has 1 amide bonds. The summed E-state index contributed by atoms with van der Waals surface area (Å²) in [6.07, 6.45) is -1.13. The molecule has 0 radical (unpaired) electrons. The van der Waals surface area contributed by atoms with Gasteiger partial charge in [-0.3, -0.25) is 4.79 Å². The maximum atomic E-state index is 12.4. The molecule has 4 nitrogen and oxygen atoms in total. The summed E-state index contributed by atoms with van der Waals surface area (Å²) < 4.78 is 0. The van der Waals surface area contributed by atoms with Crippen LogP contribution in [0.25, 0.3) is 0 Å². The molecular weight excluding hydrogens is 288 g/mol. The molecule has 0 spiro atoms. The molecule has 0 unspecified atom stereocenters. The Balaban J connectivity index is 1.72. The second-order valence-electron chi connectivity index (χ2n) is 6.17. The lowest BCUT2D eigenvalue weighted by Crippen LogP contribution is -2.42. The van der Waals surface area contributed by atoms with E-state index in [-0.39, 0.29) is 17.9 Å². The van der Waals surface area contributed by atoms with Crippen LogP contribution in [0.3, 0.4) is 0 Å². The van der Waals surface area contributed by atoms with E-state index in [0.29, 0.717) is 5.56 Å². The molecule has 3 rings (SSSR count). The number of carbonyl (C=O) groups excluding carboxylic acids is 1. The van der Waals surface area contributed by atoms with Crippen molar-refractivity contribution in [3.63, 3.8) is 0 Å². The van der Waals surface area contributed by atoms with Crippen LogP contribution in [0, 0.1) is 0 Å². The average molecular weight is 310 g/mol. The number of hydrogen-bond acceptors (Lipinski definition) is 3. The highest BCUT2D eigenvalue weighted by Crippen LogP contribution is 2.27. The summed E-state index contributed by atoms with van der Waals surface area (Å²) in [7, 11) is 2.05. The van der Waals surface area contributed by atoms with Gasteiger partial charge in [-0.05, 0) is 18.2 Å². The topological polar surface area (TPSA) is 52.6 Å². The number of carbonyl (C=O) groups is 1. The third kappa shape index (κ3) is 3.60. The van der Waals surface area contributed by atoms with Crippen molar-refractivity contribution in [3.05, 3.63) is 71.8 Å². The molecule has 2 aromatic rings. The van der Waals surface area contributed by atoms with Crippen molar-refractivity contribution in [1.29, 1.82) is 0 Å². The van der Waals surface area contributed by atoms with Gasteiger partial charge in [-0.1, -0.05) is 60.7 Å². The number of nitrogens with zero attached hydrogens (tertiary/aromatic N) is 1. The maximum Gasteiger partial charge on any atom is 0.253 e. The van der Waals surface area contributed by atoms with Crippen molar-refractivity contribution in [1.82, 2.24) is 10.2 Å². The first-order chi connectivity index (χ1) is 11.1. The van der Waals surface area contributed by atoms with Crippen LogP contribution in [0.4, 0.5) is 0 Å². The second-order valence-corrected chi connectivity index (χ2v) is 6.17. The Bertz CT molecular complexity index is 645. The van der Waals surface area contributed by atoms with Gasteiger partial charge in [-0.2, -0.15) is 0 Å². The van der Waals surface area contributed by atoms with Crippen LogP contribution in [-0.2, 0) is 4.79 Å². The first-order valence-corrected chi connectivity index (χ1v) is 7.92. The predicted molar refractivity (Wildman–Crippen MR) is 90.0 cm³/mol. The monoisotopic (exact) mass is 310 g/mol. The molecule has 1 saturated heterocycles. The normalized spacial score (nSPS) is 22.7. The fraction of sp³-hybridized carbons (Fsp3) is 0.316. The predicted octanol–water partition coefficient (Wildman–Crippen LogP) is 1.93. The highest BCUT2D eigenvalue weighted by molar-refractivity contribution is 5.82. The zero-order valence-electron chi connectivity index (χ0n) is 13.2. The van der Waals surface area contributed by atoms with Crippen LogP contribution in [0.15, 0.2) is 60.7 Å². The van der Waals surface area contributed by atoms with Gasteiger partial charge in [0.1, 0.15) is 0 Å². The van der Waals surface area contributed by atoms with Crippen LogP contribution in [0.2, 0.25) is 0 Å². The van der Waals surface area contributed by atoms with Gasteiger partial charge in [0.25, 0.3) is 5.91 Å². The molecule has 2 N–H and O–H groups in total. The maximum absolute atomic E-state index is 12.4. The fourth-order valence-electron chi connectivity index (χ4n) is 3.23. The van der Waals surface area contributed by atoms with Gasteiger partial charge in [-0.15, -0.1) is 0 Å². The largest absolute Gasteiger partial charge is 0.378 e. The third-order valence-corrected chi connectivity index (χ3v) is 4.42. The number of rotatable bonds is 4. The molecular formula is C19H22N2O2. The summed E-state index contributed by atoms with van der Waals surface area (Å²) in [6.45, 7) is 1.68. The van der Waals surface area contributed by atoms with Crippen LogP contribution in [0.1, 0.15) is 23.1 Å². The molecule has 23 heavy (non-hydrogen) atoms. The first kappa shape index (κ1) is 15.7. The fourth-order valence-corrected chi connectivity index (χ4v) is 3.23. The van der Waals surface area contributed by atoms with Crippen LogP contribution >= 0.6 is 0 Å². The van der Waals surface area contributed by atoms with Gasteiger partial charge < -0.3 is 15.3 Å². The van der Waals surface area contributed by atoms with Crippen molar-refractivity contribution in [3.8, 4) is 0 Å². The Morgan fingerprint density at radius 1 is 1.09 bits per heavy atom. The molecule has 120 valence electrons. The highest BCUT2D eigenvalue weighted by Gasteiger charge is 2.34. The molecule has 1 aliphatic heterocycles. The number of likely N-dealkylation sites (tertiary alicyclic amines) is 1. The van der Waals surface area contributed by atoms with Crippen LogP contribution in [0.5, 0.6) is 0 Å². The van der Waals surface area contributed by atoms with Crippen molar-refractivity contribution < 1.29 is 9.90 Å². The molecule has 0 aromatic heterocycles. The van der Waals surface area contributed by atoms with Gasteiger partial charge in [0.2, 0.25) is 0 Å². The Kier molecular flexibility index (Phi) is 4.74. The Hall–Kier alpha value is -2.17. The smallest absolute Gasteiger partial charge is 0.253 e. The summed E-state index contributed by atoms with van der Waals surface area (Å²) in [5.74, 6) is -0.0921. The lowest BCUT2D eigenvalue weighted by molar-refractivity contribution is -0.130. The number of benzene rings is 2. The standard InChI is InChI=1S/C19H22N2O2/c1-21-12-16(14-8-4-2-5-9-14)17(13-21)20-19(23)18(22)15-10-6-3-7-11-15/h2-11,16-18,22H,12-13H2,1H3,(H,20,23)/t16-,17-,18+/m1/s1. The van der Waals surface area contributed by atoms with Crippen LogP contribution in [-0.4, -0.2) is 42.1 Å². The zero-order chi connectivity index (χ0) is 16.2. The minimum atomic E-state index is -1.13. The minimum absolute atomic E-state index is 0.00765. The van der Waals surface area contributed by atoms with Crippen molar-refractivity contribution in [2.24, 2.45) is 0 Å². The van der Waals surface area contributed by atoms with Gasteiger partial charge in [0, 0.05) is 25.0 Å². The molecule has 3 atom stereocenters. The van der Waals surface area contributed by atoms with Crippen molar-refractivity contribution in [2.75, 3.05) is 20.1 Å². The highest BCUT2D eigenvalue weighted by atomic mass is 16.3. The summed E-state index contributed by atoms with van der Waals surface area (Å²) in [5, 5.41) is 13.3. The molecule has 0 saturated carbocycles. The summed E-state index contributed by atoms with van der Waals surface area (Å²) in [4.78, 5) is 14.6. The van der Waals surface area contributed by atoms with E-state index in [1.54, 1.807) is 12.1 Å². The number of likely N-dealkylation sites (N-methyl/N-ethyl adjacent to an activating group) is 1. The summed E-state index contributed by atoms with van der Waals surface area (Å²) >= 11 is 0. The quantitative estimate of drug-likeness (QED) is 0.907. The first-order valence-electron chi connectivity index (χ1n) is 7.92. The van der Waals surface area contributed by atoms with E-state index in [1.807, 2.05) is 36.4 Å². The number of amides is 1. The van der Waals surface area contributed by atoms with Crippen molar-refractivity contribution >= 4 is 5.91 Å². The summed E-state index contributed by atoms with van der Waals surface area (Å²) in [5.41, 5.74) is 1.84. The molecule has 4 heteroatoms. The van der Waals surface area contributed by atoms with Gasteiger partial charge in [0.15, 0.2) is 6.10 Å². The zero-order valence-corrected chi connectivity index (χ0v) is 13.2. The number of hydrogen-bond donors (Lipinski definition) is 2. The number of aliphatic hydroxyl groups is 1. The number of aliphatic hydroxyl groups excluding tert-OH is 1. The average Bonchev–Trinajstić information content (AvgIpc) is 2.96. The van der Waals surface area contributed by atoms with Gasteiger partial charge in [0.05, 0.1) is 0 Å². The van der Waals surface area contributed by atoms with E-state index < -0.39 is 6.10 Å². The lowest BCUT2D eigenvalue weighted by Gasteiger charge is -2.22. The van der Waals surface area contributed by atoms with Gasteiger partial charge >= 0.3 is 0 Å². The molecule has 0 bridgehead atoms. The Labute approximate surface area is 136 Å². The molecule has 1 fully saturated rings. The lowest BCUT2D eigenvalue weighted by atomic mass is 9.94. The van der Waals surface area contributed by atoms with Crippen molar-refractivity contribution in [2.45, 2.75) is 18.1 Å². The summed E-state index contributed by atoms with van der Waals surface area (Å²) in [6, 6.07) is 19.3. The van der Waals surface area contributed by atoms with E-state index in [1.165, 1.54) is 5.56 Å². The van der Waals surface area contributed by atoms with Crippen LogP contribution < -0.4 is 5.32 Å². The molecule has 2 aromatic carbocycles. The van der Waals surface area contributed by atoms with E-state index in [4.69, 9.17) is 0 Å². The minimum Gasteiger partial charge on any atom is -0.378 e.